The van der Waals surface area contributed by atoms with E-state index in [0.717, 1.165) is 0 Å². The fraction of sp³-hybridized carbons (Fsp3) is 0.419. The van der Waals surface area contributed by atoms with Crippen molar-refractivity contribution in [1.82, 2.24) is 23.7 Å². The van der Waals surface area contributed by atoms with Crippen molar-refractivity contribution in [1.29, 1.82) is 0 Å². The van der Waals surface area contributed by atoms with Crippen LogP contribution in [0.2, 0.25) is 5.02 Å². The lowest BCUT2D eigenvalue weighted by Crippen LogP contribution is -2.53. The number of piperazine rings is 1. The van der Waals surface area contributed by atoms with Crippen molar-refractivity contribution in [3.8, 4) is 17.0 Å². The highest BCUT2D eigenvalue weighted by Gasteiger charge is 2.34. The molecule has 258 valence electrons. The summed E-state index contributed by atoms with van der Waals surface area (Å²) in [6.07, 6.45) is 2.12. The van der Waals surface area contributed by atoms with E-state index in [-0.39, 0.29) is 82.2 Å². The molecule has 3 amide bonds. The van der Waals surface area contributed by atoms with E-state index in [0.29, 0.717) is 39.0 Å². The standard InChI is InChI=1S/C31H36ClF2N7O6S/c1-38-24(22-5-6-25(47-2)27(34)26(22)33)18-36-28(38)29(42)37-20-3-4-21(23(32)17-20)31(44)40-14-12-39(13-15-40)30(43)19-7-10-41(11-8-19)48(45,46)16-9-35/h3-6,17-19H,7-16,35H2,1-2H3,(H,37,42). The maximum atomic E-state index is 14.7. The van der Waals surface area contributed by atoms with Crippen LogP contribution in [0.5, 0.6) is 5.75 Å². The summed E-state index contributed by atoms with van der Waals surface area (Å²) in [5, 5.41) is 2.76. The predicted molar refractivity (Wildman–Crippen MR) is 174 cm³/mol. The number of carbonyl (C=O) groups excluding carboxylic acids is 3. The van der Waals surface area contributed by atoms with E-state index in [2.05, 4.69) is 10.3 Å². The number of sulfonamides is 1. The average Bonchev–Trinajstić information content (AvgIpc) is 3.46. The fourth-order valence-corrected chi connectivity index (χ4v) is 7.51. The monoisotopic (exact) mass is 707 g/mol. The number of methoxy groups -OCH3 is 1. The summed E-state index contributed by atoms with van der Waals surface area (Å²) in [6, 6.07) is 7.03. The van der Waals surface area contributed by atoms with Crippen LogP contribution in [0.15, 0.2) is 36.5 Å². The van der Waals surface area contributed by atoms with Crippen molar-refractivity contribution in [3.63, 3.8) is 0 Å². The molecule has 0 spiro atoms. The van der Waals surface area contributed by atoms with Gasteiger partial charge < -0.3 is 30.2 Å². The first-order valence-electron chi connectivity index (χ1n) is 15.3. The van der Waals surface area contributed by atoms with Crippen molar-refractivity contribution in [2.45, 2.75) is 12.8 Å². The van der Waals surface area contributed by atoms with Gasteiger partial charge in [-0.15, -0.1) is 0 Å². The molecule has 1 aromatic heterocycles. The number of benzene rings is 2. The molecule has 0 bridgehead atoms. The number of nitrogens with two attached hydrogens (primary N) is 1. The Labute approximate surface area is 281 Å². The van der Waals surface area contributed by atoms with Crippen LogP contribution in [-0.2, 0) is 21.9 Å². The highest BCUT2D eigenvalue weighted by Crippen LogP contribution is 2.30. The number of nitrogens with zero attached hydrogens (tertiary/aromatic N) is 5. The zero-order valence-electron chi connectivity index (χ0n) is 26.4. The minimum absolute atomic E-state index is 0.0442. The average molecular weight is 708 g/mol. The maximum absolute atomic E-state index is 14.7. The second-order valence-electron chi connectivity index (χ2n) is 11.5. The molecular formula is C31H36ClF2N7O6S. The van der Waals surface area contributed by atoms with Gasteiger partial charge in [0, 0.05) is 70.0 Å². The largest absolute Gasteiger partial charge is 0.494 e. The summed E-state index contributed by atoms with van der Waals surface area (Å²) in [5.74, 6) is -4.04. The molecule has 2 aromatic carbocycles. The lowest BCUT2D eigenvalue weighted by Gasteiger charge is -2.38. The van der Waals surface area contributed by atoms with Gasteiger partial charge in [-0.05, 0) is 43.2 Å². The third-order valence-corrected chi connectivity index (χ3v) is 10.9. The second kappa shape index (κ2) is 14.6. The van der Waals surface area contributed by atoms with E-state index < -0.39 is 27.6 Å². The van der Waals surface area contributed by atoms with E-state index in [1.165, 1.54) is 59.6 Å². The van der Waals surface area contributed by atoms with Crippen molar-refractivity contribution < 1.29 is 36.3 Å². The molecule has 0 unspecified atom stereocenters. The summed E-state index contributed by atoms with van der Waals surface area (Å²) in [4.78, 5) is 46.9. The molecule has 2 saturated heterocycles. The molecule has 2 aliphatic rings. The molecule has 17 heteroatoms. The number of halogens is 3. The van der Waals surface area contributed by atoms with Crippen LogP contribution < -0.4 is 15.8 Å². The van der Waals surface area contributed by atoms with Crippen molar-refractivity contribution in [2.75, 3.05) is 64.0 Å². The van der Waals surface area contributed by atoms with Gasteiger partial charge in [-0.25, -0.2) is 22.1 Å². The maximum Gasteiger partial charge on any atom is 0.291 e. The Balaban J connectivity index is 1.16. The van der Waals surface area contributed by atoms with E-state index >= 15 is 0 Å². The molecule has 5 rings (SSSR count). The zero-order chi connectivity index (χ0) is 34.7. The number of piperidine rings is 1. The summed E-state index contributed by atoms with van der Waals surface area (Å²) >= 11 is 6.46. The van der Waals surface area contributed by atoms with E-state index in [9.17, 15) is 31.6 Å². The number of ether oxygens (including phenoxy) is 1. The summed E-state index contributed by atoms with van der Waals surface area (Å²) < 4.78 is 61.0. The summed E-state index contributed by atoms with van der Waals surface area (Å²) in [7, 11) is -0.701. The fourth-order valence-electron chi connectivity index (χ4n) is 5.93. The van der Waals surface area contributed by atoms with Crippen LogP contribution in [0.1, 0.15) is 33.8 Å². The number of rotatable bonds is 9. The van der Waals surface area contributed by atoms with Gasteiger partial charge in [0.15, 0.2) is 17.4 Å². The highest BCUT2D eigenvalue weighted by atomic mass is 35.5. The lowest BCUT2D eigenvalue weighted by atomic mass is 9.96. The van der Waals surface area contributed by atoms with Crippen LogP contribution in [0.4, 0.5) is 14.5 Å². The highest BCUT2D eigenvalue weighted by molar-refractivity contribution is 7.89. The van der Waals surface area contributed by atoms with E-state index in [4.69, 9.17) is 22.1 Å². The van der Waals surface area contributed by atoms with Gasteiger partial charge in [-0.3, -0.25) is 14.4 Å². The smallest absolute Gasteiger partial charge is 0.291 e. The van der Waals surface area contributed by atoms with Crippen molar-refractivity contribution >= 4 is 45.0 Å². The second-order valence-corrected chi connectivity index (χ2v) is 14.0. The van der Waals surface area contributed by atoms with E-state index in [1.807, 2.05) is 0 Å². The third-order valence-electron chi connectivity index (χ3n) is 8.64. The first-order chi connectivity index (χ1) is 22.9. The molecule has 0 saturated carbocycles. The van der Waals surface area contributed by atoms with Gasteiger partial charge in [0.1, 0.15) is 0 Å². The quantitative estimate of drug-likeness (QED) is 0.343. The zero-order valence-corrected chi connectivity index (χ0v) is 28.0. The number of nitrogens with one attached hydrogen (secondary N) is 1. The Morgan fingerprint density at radius 2 is 1.69 bits per heavy atom. The normalized spacial score (nSPS) is 16.2. The van der Waals surface area contributed by atoms with Crippen molar-refractivity contribution in [2.24, 2.45) is 18.7 Å². The topological polar surface area (TPSA) is 160 Å². The molecule has 13 nitrogen and oxygen atoms in total. The first kappa shape index (κ1) is 35.2. The first-order valence-corrected chi connectivity index (χ1v) is 17.3. The summed E-state index contributed by atoms with van der Waals surface area (Å²) in [6.45, 7) is 1.86. The third kappa shape index (κ3) is 7.16. The number of anilines is 1. The Kier molecular flexibility index (Phi) is 10.7. The van der Waals surface area contributed by atoms with Crippen LogP contribution in [0.25, 0.3) is 11.3 Å². The molecule has 48 heavy (non-hydrogen) atoms. The van der Waals surface area contributed by atoms with Gasteiger partial charge in [-0.2, -0.15) is 4.39 Å². The van der Waals surface area contributed by atoms with Gasteiger partial charge in [0.05, 0.1) is 35.3 Å². The molecule has 3 aromatic rings. The van der Waals surface area contributed by atoms with Crippen LogP contribution in [0, 0.1) is 17.6 Å². The predicted octanol–water partition coefficient (Wildman–Crippen LogP) is 2.56. The Hall–Kier alpha value is -4.12. The van der Waals surface area contributed by atoms with Crippen LogP contribution in [0.3, 0.4) is 0 Å². The lowest BCUT2D eigenvalue weighted by molar-refractivity contribution is -0.138. The molecule has 0 atom stereocenters. The van der Waals surface area contributed by atoms with Crippen LogP contribution in [-0.4, -0.2) is 108 Å². The minimum Gasteiger partial charge on any atom is -0.494 e. The Bertz CT molecular complexity index is 1820. The van der Waals surface area contributed by atoms with Gasteiger partial charge in [-0.1, -0.05) is 11.6 Å². The molecule has 0 radical (unpaired) electrons. The summed E-state index contributed by atoms with van der Waals surface area (Å²) in [5.41, 5.74) is 5.98. The van der Waals surface area contributed by atoms with Crippen LogP contribution >= 0.6 is 11.6 Å². The van der Waals surface area contributed by atoms with Gasteiger partial charge >= 0.3 is 0 Å². The van der Waals surface area contributed by atoms with E-state index in [1.54, 1.807) is 9.80 Å². The van der Waals surface area contributed by atoms with Crippen molar-refractivity contribution in [3.05, 3.63) is 64.6 Å². The van der Waals surface area contributed by atoms with Gasteiger partial charge in [0.25, 0.3) is 11.8 Å². The SMILES string of the molecule is COc1ccc(-c2cnc(C(=O)Nc3ccc(C(=O)N4CCN(C(=O)C5CCN(S(=O)(=O)CCN)CC5)CC4)c(Cl)c3)n2C)c(F)c1F. The molecular weight excluding hydrogens is 672 g/mol. The number of carbonyl (C=O) groups is 3. The Morgan fingerprint density at radius 3 is 2.31 bits per heavy atom. The van der Waals surface area contributed by atoms with Gasteiger partial charge in [0.2, 0.25) is 21.7 Å². The molecule has 0 aliphatic carbocycles. The minimum atomic E-state index is -3.41. The number of hydrogen-bond donors (Lipinski definition) is 2. The molecule has 2 aliphatic heterocycles. The number of amides is 3. The number of imidazole rings is 1. The Morgan fingerprint density at radius 1 is 1.02 bits per heavy atom. The number of aromatic nitrogens is 2. The molecule has 2 fully saturated rings. The molecule has 3 N–H and O–H groups in total. The molecule has 3 heterocycles. The number of hydrogen-bond acceptors (Lipinski definition) is 8.